The number of aliphatic hydroxyl groups excluding tert-OH is 1. The Labute approximate surface area is 193 Å². The molecule has 0 fully saturated rings. The van der Waals surface area contributed by atoms with Gasteiger partial charge in [-0.15, -0.1) is 11.3 Å². The van der Waals surface area contributed by atoms with Crippen molar-refractivity contribution in [3.05, 3.63) is 51.2 Å². The number of carbonyl (C=O) groups is 1. The van der Waals surface area contributed by atoms with Crippen molar-refractivity contribution in [1.82, 2.24) is 9.80 Å². The summed E-state index contributed by atoms with van der Waals surface area (Å²) >= 11 is 7.70. The van der Waals surface area contributed by atoms with Gasteiger partial charge in [0.15, 0.2) is 0 Å². The van der Waals surface area contributed by atoms with Crippen LogP contribution in [0.1, 0.15) is 29.8 Å². The molecule has 1 aromatic carbocycles. The molecule has 1 N–H and O–H groups in total. The molecule has 6 nitrogen and oxygen atoms in total. The van der Waals surface area contributed by atoms with E-state index in [0.29, 0.717) is 44.3 Å². The highest BCUT2D eigenvalue weighted by Gasteiger charge is 2.33. The number of amides is 1. The minimum Gasteiger partial charge on any atom is -0.491 e. The van der Waals surface area contributed by atoms with E-state index < -0.39 is 6.10 Å². The number of benzene rings is 1. The van der Waals surface area contributed by atoms with Gasteiger partial charge in [-0.25, -0.2) is 0 Å². The Morgan fingerprint density at radius 1 is 1.35 bits per heavy atom. The summed E-state index contributed by atoms with van der Waals surface area (Å²) in [7, 11) is 1.64. The summed E-state index contributed by atoms with van der Waals surface area (Å²) in [6.45, 7) is 4.80. The monoisotopic (exact) mass is 466 g/mol. The van der Waals surface area contributed by atoms with E-state index in [2.05, 4.69) is 11.4 Å². The first kappa shape index (κ1) is 24.0. The molecule has 2 heterocycles. The van der Waals surface area contributed by atoms with E-state index in [1.165, 1.54) is 4.88 Å². The molecule has 1 amide bonds. The highest BCUT2D eigenvalue weighted by Crippen LogP contribution is 2.34. The normalized spacial score (nSPS) is 16.9. The van der Waals surface area contributed by atoms with Crippen LogP contribution in [-0.2, 0) is 16.0 Å². The van der Waals surface area contributed by atoms with Crippen molar-refractivity contribution in [3.63, 3.8) is 0 Å². The van der Waals surface area contributed by atoms with Crippen LogP contribution in [0.4, 0.5) is 0 Å². The largest absolute Gasteiger partial charge is 0.491 e. The average molecular weight is 467 g/mol. The molecule has 2 atom stereocenters. The Hall–Kier alpha value is -1.64. The lowest BCUT2D eigenvalue weighted by Crippen LogP contribution is -2.48. The molecule has 1 aliphatic heterocycles. The maximum absolute atomic E-state index is 13.3. The van der Waals surface area contributed by atoms with E-state index in [4.69, 9.17) is 21.1 Å². The topological polar surface area (TPSA) is 62.2 Å². The predicted octanol–water partition coefficient (Wildman–Crippen LogP) is 3.63. The Bertz CT molecular complexity index is 829. The molecule has 0 saturated heterocycles. The smallest absolute Gasteiger partial charge is 0.237 e. The van der Waals surface area contributed by atoms with Crippen molar-refractivity contribution < 1.29 is 19.4 Å². The fraction of sp³-hybridized carbons (Fsp3) is 0.522. The van der Waals surface area contributed by atoms with Crippen LogP contribution in [-0.4, -0.2) is 73.4 Å². The van der Waals surface area contributed by atoms with Gasteiger partial charge < -0.3 is 19.5 Å². The summed E-state index contributed by atoms with van der Waals surface area (Å²) in [5.74, 6) is 0.771. The third-order valence-electron chi connectivity index (χ3n) is 5.55. The van der Waals surface area contributed by atoms with Gasteiger partial charge in [0.25, 0.3) is 0 Å². The summed E-state index contributed by atoms with van der Waals surface area (Å²) < 4.78 is 11.2. The molecule has 0 aliphatic carbocycles. The van der Waals surface area contributed by atoms with Crippen molar-refractivity contribution in [1.29, 1.82) is 0 Å². The van der Waals surface area contributed by atoms with E-state index in [0.717, 1.165) is 17.7 Å². The zero-order valence-corrected chi connectivity index (χ0v) is 19.7. The number of ether oxygens (including phenoxy) is 2. The molecule has 0 radical (unpaired) electrons. The molecule has 0 spiro atoms. The lowest BCUT2D eigenvalue weighted by molar-refractivity contribution is -0.136. The zero-order valence-electron chi connectivity index (χ0n) is 18.1. The van der Waals surface area contributed by atoms with Crippen LogP contribution in [0.5, 0.6) is 5.75 Å². The maximum Gasteiger partial charge on any atom is 0.237 e. The fourth-order valence-electron chi connectivity index (χ4n) is 3.75. The second-order valence-electron chi connectivity index (χ2n) is 7.71. The third-order valence-corrected chi connectivity index (χ3v) is 6.80. The molecular formula is C23H31ClN2O4S. The molecule has 0 saturated carbocycles. The predicted molar refractivity (Wildman–Crippen MR) is 124 cm³/mol. The number of carbonyl (C=O) groups excluding carboxylic acids is 1. The van der Waals surface area contributed by atoms with E-state index in [-0.39, 0.29) is 18.5 Å². The average Bonchev–Trinajstić information content (AvgIpc) is 3.25. The van der Waals surface area contributed by atoms with Crippen molar-refractivity contribution in [2.24, 2.45) is 0 Å². The molecule has 8 heteroatoms. The Morgan fingerprint density at radius 2 is 2.13 bits per heavy atom. The SMILES string of the molecule is CC[C@H](O)CN(CCOC)CC(=O)N1CCc2sccc2[C@H]1COc1ccc(Cl)cc1. The Morgan fingerprint density at radius 3 is 2.84 bits per heavy atom. The second kappa shape index (κ2) is 11.8. The van der Waals surface area contributed by atoms with Crippen LogP contribution >= 0.6 is 22.9 Å². The minimum atomic E-state index is -0.460. The van der Waals surface area contributed by atoms with Gasteiger partial charge in [-0.05, 0) is 54.1 Å². The molecule has 2 aromatic rings. The van der Waals surface area contributed by atoms with Gasteiger partial charge in [-0.2, -0.15) is 0 Å². The number of halogens is 1. The molecule has 1 aromatic heterocycles. The van der Waals surface area contributed by atoms with Crippen LogP contribution in [0.3, 0.4) is 0 Å². The van der Waals surface area contributed by atoms with E-state index >= 15 is 0 Å². The van der Waals surface area contributed by atoms with Gasteiger partial charge in [0.05, 0.1) is 25.3 Å². The van der Waals surface area contributed by atoms with Gasteiger partial charge in [0.1, 0.15) is 12.4 Å². The molecule has 3 rings (SSSR count). The van der Waals surface area contributed by atoms with Crippen molar-refractivity contribution in [2.45, 2.75) is 31.9 Å². The van der Waals surface area contributed by atoms with E-state index in [1.807, 2.05) is 28.9 Å². The summed E-state index contributed by atoms with van der Waals surface area (Å²) in [4.78, 5) is 18.5. The molecule has 0 unspecified atom stereocenters. The molecular weight excluding hydrogens is 436 g/mol. The first-order valence-corrected chi connectivity index (χ1v) is 11.9. The Balaban J connectivity index is 1.71. The fourth-order valence-corrected chi connectivity index (χ4v) is 4.80. The molecule has 1 aliphatic rings. The quantitative estimate of drug-likeness (QED) is 0.548. The number of fused-ring (bicyclic) bond motifs is 1. The summed E-state index contributed by atoms with van der Waals surface area (Å²) in [5.41, 5.74) is 1.16. The standard InChI is InChI=1S/C23H31ClN2O4S/c1-3-18(27)14-25(11-12-29-2)15-23(28)26-10-8-22-20(9-13-31-22)21(26)16-30-19-6-4-17(24)5-7-19/h4-7,9,13,18,21,27H,3,8,10-12,14-16H2,1-2H3/t18-,21+/m0/s1. The number of hydrogen-bond acceptors (Lipinski definition) is 6. The van der Waals surface area contributed by atoms with Crippen LogP contribution in [0.15, 0.2) is 35.7 Å². The Kier molecular flexibility index (Phi) is 9.16. The third kappa shape index (κ3) is 6.67. The first-order valence-electron chi connectivity index (χ1n) is 10.6. The molecule has 0 bridgehead atoms. The van der Waals surface area contributed by atoms with Gasteiger partial charge in [0, 0.05) is 36.6 Å². The van der Waals surface area contributed by atoms with Crippen molar-refractivity contribution in [3.8, 4) is 5.75 Å². The molecule has 170 valence electrons. The number of methoxy groups -OCH3 is 1. The van der Waals surface area contributed by atoms with Gasteiger partial charge >= 0.3 is 0 Å². The summed E-state index contributed by atoms with van der Waals surface area (Å²) in [5, 5.41) is 12.8. The van der Waals surface area contributed by atoms with Crippen LogP contribution in [0.2, 0.25) is 5.02 Å². The van der Waals surface area contributed by atoms with Crippen molar-refractivity contribution in [2.75, 3.05) is 46.5 Å². The summed E-state index contributed by atoms with van der Waals surface area (Å²) in [6, 6.07) is 9.22. The summed E-state index contributed by atoms with van der Waals surface area (Å²) in [6.07, 6.45) is 1.04. The van der Waals surface area contributed by atoms with Crippen LogP contribution in [0, 0.1) is 0 Å². The van der Waals surface area contributed by atoms with Crippen LogP contribution in [0.25, 0.3) is 0 Å². The number of nitrogens with zero attached hydrogens (tertiary/aromatic N) is 2. The van der Waals surface area contributed by atoms with Gasteiger partial charge in [-0.1, -0.05) is 18.5 Å². The number of thiophene rings is 1. The number of hydrogen-bond donors (Lipinski definition) is 1. The lowest BCUT2D eigenvalue weighted by Gasteiger charge is -2.37. The number of rotatable bonds is 11. The van der Waals surface area contributed by atoms with Crippen LogP contribution < -0.4 is 4.74 Å². The molecule has 31 heavy (non-hydrogen) atoms. The minimum absolute atomic E-state index is 0.0426. The van der Waals surface area contributed by atoms with E-state index in [1.54, 1.807) is 30.6 Å². The highest BCUT2D eigenvalue weighted by molar-refractivity contribution is 7.10. The lowest BCUT2D eigenvalue weighted by atomic mass is 10.0. The van der Waals surface area contributed by atoms with Gasteiger partial charge in [0.2, 0.25) is 5.91 Å². The zero-order chi connectivity index (χ0) is 22.2. The number of aliphatic hydroxyl groups is 1. The first-order chi connectivity index (χ1) is 15.0. The second-order valence-corrected chi connectivity index (χ2v) is 9.14. The highest BCUT2D eigenvalue weighted by atomic mass is 35.5. The maximum atomic E-state index is 13.3. The van der Waals surface area contributed by atoms with Crippen molar-refractivity contribution >= 4 is 28.8 Å². The van der Waals surface area contributed by atoms with Gasteiger partial charge in [-0.3, -0.25) is 9.69 Å². The van der Waals surface area contributed by atoms with E-state index in [9.17, 15) is 9.90 Å².